The molecule has 1 aromatic rings. The van der Waals surface area contributed by atoms with Gasteiger partial charge in [-0.2, -0.15) is 5.10 Å². The Kier molecular flexibility index (Phi) is 3.78. The highest BCUT2D eigenvalue weighted by atomic mass is 16.5. The van der Waals surface area contributed by atoms with E-state index >= 15 is 0 Å². The molecule has 1 saturated heterocycles. The fourth-order valence-electron chi connectivity index (χ4n) is 2.65. The van der Waals surface area contributed by atoms with Crippen molar-refractivity contribution >= 4 is 0 Å². The molecular formula is C14H24N2O2. The Balaban J connectivity index is 2.18. The Morgan fingerprint density at radius 2 is 2.28 bits per heavy atom. The zero-order valence-corrected chi connectivity index (χ0v) is 11.6. The van der Waals surface area contributed by atoms with Crippen molar-refractivity contribution in [2.45, 2.75) is 64.2 Å². The van der Waals surface area contributed by atoms with Crippen LogP contribution in [0.25, 0.3) is 0 Å². The van der Waals surface area contributed by atoms with Gasteiger partial charge in [0, 0.05) is 31.1 Å². The summed E-state index contributed by atoms with van der Waals surface area (Å²) in [6.45, 7) is 7.82. The van der Waals surface area contributed by atoms with E-state index in [1.165, 1.54) is 0 Å². The van der Waals surface area contributed by atoms with Crippen molar-refractivity contribution in [1.29, 1.82) is 0 Å². The molecule has 1 fully saturated rings. The summed E-state index contributed by atoms with van der Waals surface area (Å²) in [5, 5.41) is 15.2. The minimum Gasteiger partial charge on any atom is -0.385 e. The van der Waals surface area contributed by atoms with E-state index in [4.69, 9.17) is 4.74 Å². The SMILES string of the molecule is CCCn1cc(C2(O)CCOC(C)(CC)C2)cn1. The number of aryl methyl sites for hydroxylation is 1. The maximum absolute atomic E-state index is 10.9. The van der Waals surface area contributed by atoms with Gasteiger partial charge in [-0.3, -0.25) is 4.68 Å². The Bertz CT molecular complexity index is 404. The zero-order valence-electron chi connectivity index (χ0n) is 11.6. The minimum absolute atomic E-state index is 0.222. The van der Waals surface area contributed by atoms with E-state index in [0.717, 1.165) is 24.9 Å². The highest BCUT2D eigenvalue weighted by molar-refractivity contribution is 5.17. The number of rotatable bonds is 4. The van der Waals surface area contributed by atoms with Gasteiger partial charge in [0.25, 0.3) is 0 Å². The summed E-state index contributed by atoms with van der Waals surface area (Å²) in [6.07, 6.45) is 7.05. The first kappa shape index (κ1) is 13.6. The van der Waals surface area contributed by atoms with Gasteiger partial charge < -0.3 is 9.84 Å². The molecule has 1 N–H and O–H groups in total. The number of nitrogens with zero attached hydrogens (tertiary/aromatic N) is 2. The number of hydrogen-bond acceptors (Lipinski definition) is 3. The second-order valence-electron chi connectivity index (χ2n) is 5.60. The Hall–Kier alpha value is -0.870. The lowest BCUT2D eigenvalue weighted by Crippen LogP contribution is -2.45. The number of aliphatic hydroxyl groups is 1. The van der Waals surface area contributed by atoms with Crippen LogP contribution in [-0.2, 0) is 16.9 Å². The van der Waals surface area contributed by atoms with Gasteiger partial charge in [-0.15, -0.1) is 0 Å². The van der Waals surface area contributed by atoms with Crippen LogP contribution < -0.4 is 0 Å². The van der Waals surface area contributed by atoms with E-state index in [0.29, 0.717) is 19.4 Å². The third-order valence-corrected chi connectivity index (χ3v) is 4.00. The predicted molar refractivity (Wildman–Crippen MR) is 70.3 cm³/mol. The molecule has 18 heavy (non-hydrogen) atoms. The van der Waals surface area contributed by atoms with Crippen molar-refractivity contribution in [3.05, 3.63) is 18.0 Å². The Morgan fingerprint density at radius 3 is 2.94 bits per heavy atom. The summed E-state index contributed by atoms with van der Waals surface area (Å²) in [6, 6.07) is 0. The van der Waals surface area contributed by atoms with Gasteiger partial charge in [-0.1, -0.05) is 13.8 Å². The molecular weight excluding hydrogens is 228 g/mol. The largest absolute Gasteiger partial charge is 0.385 e. The molecule has 1 aliphatic rings. The third-order valence-electron chi connectivity index (χ3n) is 4.00. The van der Waals surface area contributed by atoms with Crippen LogP contribution in [0.2, 0.25) is 0 Å². The lowest BCUT2D eigenvalue weighted by atomic mass is 9.79. The van der Waals surface area contributed by atoms with Crippen LogP contribution in [0.15, 0.2) is 12.4 Å². The first-order chi connectivity index (χ1) is 8.51. The molecule has 2 heterocycles. The molecule has 0 aliphatic carbocycles. The van der Waals surface area contributed by atoms with Gasteiger partial charge in [0.15, 0.2) is 0 Å². The number of hydrogen-bond donors (Lipinski definition) is 1. The molecule has 1 aromatic heterocycles. The standard InChI is InChI=1S/C14H24N2O2/c1-4-7-16-10-12(9-15-16)14(17)6-8-18-13(3,5-2)11-14/h9-10,17H,4-8,11H2,1-3H3. The van der Waals surface area contributed by atoms with Crippen LogP contribution in [0.1, 0.15) is 52.0 Å². The van der Waals surface area contributed by atoms with E-state index in [9.17, 15) is 5.11 Å². The van der Waals surface area contributed by atoms with Crippen LogP contribution in [0.3, 0.4) is 0 Å². The lowest BCUT2D eigenvalue weighted by Gasteiger charge is -2.42. The molecule has 0 radical (unpaired) electrons. The van der Waals surface area contributed by atoms with Crippen molar-refractivity contribution in [2.24, 2.45) is 0 Å². The molecule has 0 saturated carbocycles. The molecule has 0 bridgehead atoms. The molecule has 2 unspecified atom stereocenters. The average Bonchev–Trinajstić information content (AvgIpc) is 2.79. The molecule has 0 aromatic carbocycles. The van der Waals surface area contributed by atoms with Crippen LogP contribution >= 0.6 is 0 Å². The molecule has 0 spiro atoms. The van der Waals surface area contributed by atoms with Crippen molar-refractivity contribution in [3.63, 3.8) is 0 Å². The van der Waals surface area contributed by atoms with Crippen LogP contribution in [0, 0.1) is 0 Å². The summed E-state index contributed by atoms with van der Waals surface area (Å²) in [5.41, 5.74) is -0.0755. The molecule has 0 amide bonds. The second kappa shape index (κ2) is 5.02. The van der Waals surface area contributed by atoms with Gasteiger partial charge in [-0.25, -0.2) is 0 Å². The topological polar surface area (TPSA) is 47.3 Å². The molecule has 102 valence electrons. The van der Waals surface area contributed by atoms with E-state index in [1.54, 1.807) is 6.20 Å². The summed E-state index contributed by atoms with van der Waals surface area (Å²) >= 11 is 0. The van der Waals surface area contributed by atoms with E-state index in [2.05, 4.69) is 25.9 Å². The van der Waals surface area contributed by atoms with Crippen molar-refractivity contribution < 1.29 is 9.84 Å². The number of ether oxygens (including phenoxy) is 1. The summed E-state index contributed by atoms with van der Waals surface area (Å²) in [4.78, 5) is 0. The first-order valence-corrected chi connectivity index (χ1v) is 6.90. The summed E-state index contributed by atoms with van der Waals surface area (Å²) in [5.74, 6) is 0. The fourth-order valence-corrected chi connectivity index (χ4v) is 2.65. The van der Waals surface area contributed by atoms with Crippen LogP contribution in [0.4, 0.5) is 0 Å². The maximum atomic E-state index is 10.9. The monoisotopic (exact) mass is 252 g/mol. The zero-order chi connectivity index (χ0) is 13.2. The number of aromatic nitrogens is 2. The Labute approximate surface area is 109 Å². The quantitative estimate of drug-likeness (QED) is 0.895. The fraction of sp³-hybridized carbons (Fsp3) is 0.786. The Morgan fingerprint density at radius 1 is 1.50 bits per heavy atom. The van der Waals surface area contributed by atoms with Gasteiger partial charge in [0.05, 0.1) is 24.0 Å². The van der Waals surface area contributed by atoms with Gasteiger partial charge in [0.1, 0.15) is 0 Å². The van der Waals surface area contributed by atoms with Crippen molar-refractivity contribution in [2.75, 3.05) is 6.61 Å². The molecule has 2 atom stereocenters. The molecule has 1 aliphatic heterocycles. The van der Waals surface area contributed by atoms with Gasteiger partial charge in [0.2, 0.25) is 0 Å². The van der Waals surface area contributed by atoms with Gasteiger partial charge in [-0.05, 0) is 19.8 Å². The summed E-state index contributed by atoms with van der Waals surface area (Å²) < 4.78 is 7.71. The lowest BCUT2D eigenvalue weighted by molar-refractivity contribution is -0.157. The second-order valence-corrected chi connectivity index (χ2v) is 5.60. The third kappa shape index (κ3) is 2.59. The normalized spacial score (nSPS) is 32.7. The molecule has 4 heteroatoms. The van der Waals surface area contributed by atoms with Crippen molar-refractivity contribution in [1.82, 2.24) is 9.78 Å². The first-order valence-electron chi connectivity index (χ1n) is 6.90. The highest BCUT2D eigenvalue weighted by Gasteiger charge is 2.42. The van der Waals surface area contributed by atoms with E-state index in [-0.39, 0.29) is 5.60 Å². The predicted octanol–water partition coefficient (Wildman–Crippen LogP) is 2.46. The van der Waals surface area contributed by atoms with Gasteiger partial charge >= 0.3 is 0 Å². The van der Waals surface area contributed by atoms with E-state index < -0.39 is 5.60 Å². The smallest absolute Gasteiger partial charge is 0.0976 e. The van der Waals surface area contributed by atoms with Crippen LogP contribution in [-0.4, -0.2) is 27.1 Å². The minimum atomic E-state index is -0.783. The van der Waals surface area contributed by atoms with Crippen molar-refractivity contribution in [3.8, 4) is 0 Å². The molecule has 4 nitrogen and oxygen atoms in total. The van der Waals surface area contributed by atoms with Crippen LogP contribution in [0.5, 0.6) is 0 Å². The maximum Gasteiger partial charge on any atom is 0.0976 e. The molecule has 2 rings (SSSR count). The highest BCUT2D eigenvalue weighted by Crippen LogP contribution is 2.40. The van der Waals surface area contributed by atoms with E-state index in [1.807, 2.05) is 10.9 Å². The summed E-state index contributed by atoms with van der Waals surface area (Å²) in [7, 11) is 0. The average molecular weight is 252 g/mol.